The smallest absolute Gasteiger partial charge is 0.335 e. The third-order valence-electron chi connectivity index (χ3n) is 2.96. The van der Waals surface area contributed by atoms with Gasteiger partial charge in [-0.25, -0.2) is 22.9 Å². The molecule has 134 valence electrons. The van der Waals surface area contributed by atoms with Crippen LogP contribution in [0.3, 0.4) is 0 Å². The van der Waals surface area contributed by atoms with Crippen molar-refractivity contribution >= 4 is 39.4 Å². The average molecular weight is 386 g/mol. The van der Waals surface area contributed by atoms with E-state index in [4.69, 9.17) is 16.3 Å². The van der Waals surface area contributed by atoms with E-state index in [2.05, 4.69) is 15.3 Å². The fraction of sp³-hybridized carbons (Fsp3) is 0.214. The molecule has 0 aliphatic rings. The number of nitrogens with zero attached hydrogens (tertiary/aromatic N) is 3. The van der Waals surface area contributed by atoms with Crippen LogP contribution >= 0.6 is 11.6 Å². The van der Waals surface area contributed by atoms with Gasteiger partial charge in [-0.3, -0.25) is 5.32 Å². The van der Waals surface area contributed by atoms with Crippen LogP contribution in [0.15, 0.2) is 35.4 Å². The number of hydrogen-bond acceptors (Lipinski definition) is 7. The standard InChI is InChI=1S/C14H16ClN5O4S/c1-20(2)12-10(24-3)8-16-13(17-12)18-14(21)19-25(22,23)11-7-5-4-6-9(11)15/h4-8H,1-3H3,(H2,16,17,18,19,21). The minimum Gasteiger partial charge on any atom is -0.491 e. The first-order valence-corrected chi connectivity index (χ1v) is 8.77. The van der Waals surface area contributed by atoms with Gasteiger partial charge in [0.2, 0.25) is 5.95 Å². The number of benzene rings is 1. The predicted octanol–water partition coefficient (Wildman–Crippen LogP) is 1.72. The van der Waals surface area contributed by atoms with Gasteiger partial charge >= 0.3 is 6.03 Å². The Labute approximate surface area is 150 Å². The first-order chi connectivity index (χ1) is 11.7. The van der Waals surface area contributed by atoms with E-state index in [1.807, 2.05) is 4.72 Å². The summed E-state index contributed by atoms with van der Waals surface area (Å²) in [4.78, 5) is 21.4. The molecule has 0 aliphatic heterocycles. The highest BCUT2D eigenvalue weighted by Crippen LogP contribution is 2.24. The second kappa shape index (κ2) is 7.53. The number of sulfonamides is 1. The van der Waals surface area contributed by atoms with Gasteiger partial charge in [-0.1, -0.05) is 23.7 Å². The summed E-state index contributed by atoms with van der Waals surface area (Å²) in [5.74, 6) is 0.734. The van der Waals surface area contributed by atoms with E-state index in [9.17, 15) is 13.2 Å². The highest BCUT2D eigenvalue weighted by atomic mass is 35.5. The molecule has 2 rings (SSSR count). The van der Waals surface area contributed by atoms with Gasteiger partial charge in [0.05, 0.1) is 18.3 Å². The zero-order valence-corrected chi connectivity index (χ0v) is 15.2. The Hall–Kier alpha value is -2.59. The molecular weight excluding hydrogens is 370 g/mol. The maximum atomic E-state index is 12.2. The number of hydrogen-bond donors (Lipinski definition) is 2. The molecule has 0 aliphatic carbocycles. The number of nitrogens with one attached hydrogen (secondary N) is 2. The van der Waals surface area contributed by atoms with E-state index in [0.29, 0.717) is 11.6 Å². The molecule has 9 nitrogen and oxygen atoms in total. The Morgan fingerprint density at radius 3 is 2.56 bits per heavy atom. The molecule has 0 radical (unpaired) electrons. The number of carbonyl (C=O) groups excluding carboxylic acids is 1. The van der Waals surface area contributed by atoms with Crippen molar-refractivity contribution in [3.05, 3.63) is 35.5 Å². The van der Waals surface area contributed by atoms with E-state index < -0.39 is 16.1 Å². The van der Waals surface area contributed by atoms with Crippen molar-refractivity contribution in [2.24, 2.45) is 0 Å². The summed E-state index contributed by atoms with van der Waals surface area (Å²) in [6.45, 7) is 0. The molecule has 0 atom stereocenters. The largest absolute Gasteiger partial charge is 0.491 e. The van der Waals surface area contributed by atoms with E-state index in [1.165, 1.54) is 31.5 Å². The zero-order chi connectivity index (χ0) is 18.6. The summed E-state index contributed by atoms with van der Waals surface area (Å²) in [6.07, 6.45) is 1.36. The van der Waals surface area contributed by atoms with Crippen LogP contribution in [-0.2, 0) is 10.0 Å². The second-order valence-corrected chi connectivity index (χ2v) is 7.03. The number of carbonyl (C=O) groups is 1. The first-order valence-electron chi connectivity index (χ1n) is 6.91. The molecule has 0 fully saturated rings. The summed E-state index contributed by atoms with van der Waals surface area (Å²) >= 11 is 5.85. The molecule has 2 N–H and O–H groups in total. The average Bonchev–Trinajstić information content (AvgIpc) is 2.54. The molecule has 25 heavy (non-hydrogen) atoms. The van der Waals surface area contributed by atoms with Gasteiger partial charge in [0.25, 0.3) is 10.0 Å². The lowest BCUT2D eigenvalue weighted by molar-refractivity contribution is 0.256. The maximum Gasteiger partial charge on any atom is 0.335 e. The second-order valence-electron chi connectivity index (χ2n) is 4.97. The fourth-order valence-electron chi connectivity index (χ4n) is 1.85. The number of amides is 2. The van der Waals surface area contributed by atoms with Gasteiger partial charge in [0, 0.05) is 14.1 Å². The van der Waals surface area contributed by atoms with Crippen LogP contribution < -0.4 is 19.7 Å². The minimum atomic E-state index is -4.13. The number of anilines is 2. The lowest BCUT2D eigenvalue weighted by atomic mass is 10.4. The van der Waals surface area contributed by atoms with Gasteiger partial charge in [-0.15, -0.1) is 0 Å². The summed E-state index contributed by atoms with van der Waals surface area (Å²) in [6, 6.07) is 4.74. The molecule has 11 heteroatoms. The Morgan fingerprint density at radius 1 is 1.28 bits per heavy atom. The van der Waals surface area contributed by atoms with Gasteiger partial charge in [0.15, 0.2) is 11.6 Å². The van der Waals surface area contributed by atoms with Crippen molar-refractivity contribution < 1.29 is 17.9 Å². The molecule has 0 saturated carbocycles. The van der Waals surface area contributed by atoms with Crippen LogP contribution in [0.2, 0.25) is 5.02 Å². The molecular formula is C14H16ClN5O4S. The topological polar surface area (TPSA) is 114 Å². The number of halogens is 1. The third kappa shape index (κ3) is 4.48. The summed E-state index contributed by atoms with van der Waals surface area (Å²) in [5.41, 5.74) is 0. The summed E-state index contributed by atoms with van der Waals surface area (Å²) in [5, 5.41) is 2.26. The van der Waals surface area contributed by atoms with E-state index >= 15 is 0 Å². The van der Waals surface area contributed by atoms with Crippen molar-refractivity contribution in [2.75, 3.05) is 31.4 Å². The van der Waals surface area contributed by atoms with Gasteiger partial charge in [-0.05, 0) is 12.1 Å². The molecule has 2 aromatic rings. The molecule has 0 saturated heterocycles. The molecule has 0 bridgehead atoms. The number of aromatic nitrogens is 2. The molecule has 1 heterocycles. The van der Waals surface area contributed by atoms with Crippen LogP contribution in [0.25, 0.3) is 0 Å². The highest BCUT2D eigenvalue weighted by Gasteiger charge is 2.21. The number of urea groups is 1. The molecule has 0 unspecified atom stereocenters. The van der Waals surface area contributed by atoms with Crippen LogP contribution in [0, 0.1) is 0 Å². The van der Waals surface area contributed by atoms with Crippen molar-refractivity contribution in [2.45, 2.75) is 4.90 Å². The van der Waals surface area contributed by atoms with Crippen molar-refractivity contribution in [1.82, 2.24) is 14.7 Å². The normalized spacial score (nSPS) is 10.9. The fourth-order valence-corrected chi connectivity index (χ4v) is 3.28. The SMILES string of the molecule is COc1cnc(NC(=O)NS(=O)(=O)c2ccccc2Cl)nc1N(C)C. The van der Waals surface area contributed by atoms with Crippen molar-refractivity contribution in [3.63, 3.8) is 0 Å². The Bertz CT molecular complexity index is 889. The monoisotopic (exact) mass is 385 g/mol. The number of ether oxygens (including phenoxy) is 1. The van der Waals surface area contributed by atoms with Gasteiger partial charge in [0.1, 0.15) is 4.90 Å². The molecule has 1 aromatic heterocycles. The van der Waals surface area contributed by atoms with Crippen LogP contribution in [0.4, 0.5) is 16.6 Å². The minimum absolute atomic E-state index is 0.00149. The Kier molecular flexibility index (Phi) is 5.65. The van der Waals surface area contributed by atoms with Crippen LogP contribution in [0.5, 0.6) is 5.75 Å². The van der Waals surface area contributed by atoms with Gasteiger partial charge in [-0.2, -0.15) is 4.98 Å². The number of rotatable bonds is 5. The van der Waals surface area contributed by atoms with Crippen LogP contribution in [-0.4, -0.2) is 45.6 Å². The van der Waals surface area contributed by atoms with Crippen molar-refractivity contribution in [1.29, 1.82) is 0 Å². The molecule has 2 amide bonds. The summed E-state index contributed by atoms with van der Waals surface area (Å²) in [7, 11) is 0.791. The van der Waals surface area contributed by atoms with Crippen molar-refractivity contribution in [3.8, 4) is 5.75 Å². The Morgan fingerprint density at radius 2 is 1.96 bits per heavy atom. The predicted molar refractivity (Wildman–Crippen MR) is 93.7 cm³/mol. The maximum absolute atomic E-state index is 12.2. The molecule has 0 spiro atoms. The summed E-state index contributed by atoms with van der Waals surface area (Å²) < 4.78 is 31.4. The van der Waals surface area contributed by atoms with E-state index in [-0.39, 0.29) is 15.9 Å². The van der Waals surface area contributed by atoms with E-state index in [1.54, 1.807) is 25.1 Å². The zero-order valence-electron chi connectivity index (χ0n) is 13.6. The lowest BCUT2D eigenvalue weighted by Crippen LogP contribution is -2.35. The number of methoxy groups -OCH3 is 1. The lowest BCUT2D eigenvalue weighted by Gasteiger charge is -2.16. The van der Waals surface area contributed by atoms with Gasteiger partial charge < -0.3 is 9.64 Å². The Balaban J connectivity index is 2.18. The first kappa shape index (κ1) is 18.7. The van der Waals surface area contributed by atoms with E-state index in [0.717, 1.165) is 0 Å². The highest BCUT2D eigenvalue weighted by molar-refractivity contribution is 7.90. The molecule has 1 aromatic carbocycles. The van der Waals surface area contributed by atoms with Crippen LogP contribution in [0.1, 0.15) is 0 Å². The quantitative estimate of drug-likeness (QED) is 0.805. The third-order valence-corrected chi connectivity index (χ3v) is 4.79.